The van der Waals surface area contributed by atoms with Crippen LogP contribution < -0.4 is 5.32 Å². The molecule has 1 aliphatic rings. The van der Waals surface area contributed by atoms with Crippen LogP contribution in [0, 0.1) is 0 Å². The molecule has 0 bridgehead atoms. The zero-order chi connectivity index (χ0) is 11.5. The predicted octanol–water partition coefficient (Wildman–Crippen LogP) is 2.28. The maximum Gasteiger partial charge on any atom is 0.109 e. The molecule has 4 heteroatoms. The predicted molar refractivity (Wildman–Crippen MR) is 68.8 cm³/mol. The molecule has 0 saturated carbocycles. The van der Waals surface area contributed by atoms with Crippen LogP contribution in [0.25, 0.3) is 0 Å². The molecule has 3 nitrogen and oxygen atoms in total. The van der Waals surface area contributed by atoms with E-state index < -0.39 is 0 Å². The maximum absolute atomic E-state index is 4.44. The third-order valence-corrected chi connectivity index (χ3v) is 4.38. The fourth-order valence-electron chi connectivity index (χ4n) is 2.42. The van der Waals surface area contributed by atoms with Gasteiger partial charge in [-0.2, -0.15) is 0 Å². The molecule has 1 aromatic rings. The van der Waals surface area contributed by atoms with Gasteiger partial charge in [0.05, 0.1) is 6.04 Å². The van der Waals surface area contributed by atoms with E-state index in [9.17, 15) is 0 Å². The smallest absolute Gasteiger partial charge is 0.109 e. The van der Waals surface area contributed by atoms with E-state index in [1.54, 1.807) is 11.3 Å². The van der Waals surface area contributed by atoms with Gasteiger partial charge in [-0.25, -0.2) is 4.98 Å². The van der Waals surface area contributed by atoms with Crippen LogP contribution in [0.15, 0.2) is 11.6 Å². The summed E-state index contributed by atoms with van der Waals surface area (Å²) in [4.78, 5) is 7.04. The van der Waals surface area contributed by atoms with Gasteiger partial charge in [-0.05, 0) is 20.3 Å². The fraction of sp³-hybridized carbons (Fsp3) is 0.750. The van der Waals surface area contributed by atoms with Gasteiger partial charge in [0.25, 0.3) is 0 Å². The summed E-state index contributed by atoms with van der Waals surface area (Å²) in [6.45, 7) is 9.03. The Balaban J connectivity index is 2.10. The first-order valence-corrected chi connectivity index (χ1v) is 6.98. The average Bonchev–Trinajstić information content (AvgIpc) is 2.81. The molecule has 0 spiro atoms. The summed E-state index contributed by atoms with van der Waals surface area (Å²) in [5.41, 5.74) is 0. The minimum Gasteiger partial charge on any atom is -0.311 e. The molecule has 1 N–H and O–H groups in total. The minimum absolute atomic E-state index is 0.453. The number of nitrogens with one attached hydrogen (secondary N) is 1. The van der Waals surface area contributed by atoms with E-state index in [0.717, 1.165) is 13.1 Å². The molecule has 0 aromatic carbocycles. The molecule has 0 radical (unpaired) electrons. The summed E-state index contributed by atoms with van der Waals surface area (Å²) in [5.74, 6) is 0. The van der Waals surface area contributed by atoms with Crippen LogP contribution in [-0.4, -0.2) is 35.1 Å². The van der Waals surface area contributed by atoms with Crippen molar-refractivity contribution in [3.63, 3.8) is 0 Å². The second-order valence-corrected chi connectivity index (χ2v) is 5.54. The number of hydrogen-bond donors (Lipinski definition) is 1. The molecule has 3 atom stereocenters. The Morgan fingerprint density at radius 1 is 1.69 bits per heavy atom. The SMILES string of the molecule is CCC1CNC(C)CN1C(C)c1nccs1. The van der Waals surface area contributed by atoms with Crippen molar-refractivity contribution in [3.8, 4) is 0 Å². The summed E-state index contributed by atoms with van der Waals surface area (Å²) in [6, 6.07) is 1.69. The molecule has 2 rings (SSSR count). The molecule has 1 aliphatic heterocycles. The normalized spacial score (nSPS) is 29.2. The van der Waals surface area contributed by atoms with Crippen LogP contribution in [0.3, 0.4) is 0 Å². The number of aromatic nitrogens is 1. The number of nitrogens with zero attached hydrogens (tertiary/aromatic N) is 2. The molecular weight excluding hydrogens is 218 g/mol. The summed E-state index contributed by atoms with van der Waals surface area (Å²) in [6.07, 6.45) is 3.11. The highest BCUT2D eigenvalue weighted by atomic mass is 32.1. The van der Waals surface area contributed by atoms with E-state index >= 15 is 0 Å². The summed E-state index contributed by atoms with van der Waals surface area (Å²) in [5, 5.41) is 6.87. The Bertz CT molecular complexity index is 312. The molecule has 16 heavy (non-hydrogen) atoms. The molecular formula is C12H21N3S. The Morgan fingerprint density at radius 2 is 2.50 bits per heavy atom. The van der Waals surface area contributed by atoms with Crippen molar-refractivity contribution in [2.24, 2.45) is 0 Å². The molecule has 0 aliphatic carbocycles. The lowest BCUT2D eigenvalue weighted by Gasteiger charge is -2.42. The van der Waals surface area contributed by atoms with Gasteiger partial charge < -0.3 is 5.32 Å². The van der Waals surface area contributed by atoms with E-state index in [2.05, 4.69) is 41.4 Å². The van der Waals surface area contributed by atoms with E-state index in [4.69, 9.17) is 0 Å². The van der Waals surface area contributed by atoms with Gasteiger partial charge in [-0.3, -0.25) is 4.90 Å². The van der Waals surface area contributed by atoms with Crippen molar-refractivity contribution in [2.45, 2.75) is 45.3 Å². The summed E-state index contributed by atoms with van der Waals surface area (Å²) in [7, 11) is 0. The average molecular weight is 239 g/mol. The van der Waals surface area contributed by atoms with Gasteiger partial charge in [0.1, 0.15) is 5.01 Å². The topological polar surface area (TPSA) is 28.2 Å². The largest absolute Gasteiger partial charge is 0.311 e. The lowest BCUT2D eigenvalue weighted by molar-refractivity contribution is 0.0903. The van der Waals surface area contributed by atoms with Crippen molar-refractivity contribution in [3.05, 3.63) is 16.6 Å². The monoisotopic (exact) mass is 239 g/mol. The van der Waals surface area contributed by atoms with Crippen LogP contribution in [-0.2, 0) is 0 Å². The third kappa shape index (κ3) is 2.44. The third-order valence-electron chi connectivity index (χ3n) is 3.43. The molecule has 0 amide bonds. The van der Waals surface area contributed by atoms with Crippen molar-refractivity contribution in [2.75, 3.05) is 13.1 Å². The van der Waals surface area contributed by atoms with Crippen LogP contribution in [0.5, 0.6) is 0 Å². The van der Waals surface area contributed by atoms with Crippen molar-refractivity contribution in [1.82, 2.24) is 15.2 Å². The first-order valence-electron chi connectivity index (χ1n) is 6.11. The lowest BCUT2D eigenvalue weighted by Crippen LogP contribution is -2.55. The van der Waals surface area contributed by atoms with E-state index in [0.29, 0.717) is 18.1 Å². The second kappa shape index (κ2) is 5.25. The van der Waals surface area contributed by atoms with Crippen LogP contribution >= 0.6 is 11.3 Å². The fourth-order valence-corrected chi connectivity index (χ4v) is 3.14. The van der Waals surface area contributed by atoms with Gasteiger partial charge in [-0.1, -0.05) is 6.92 Å². The highest BCUT2D eigenvalue weighted by molar-refractivity contribution is 7.09. The summed E-state index contributed by atoms with van der Waals surface area (Å²) >= 11 is 1.77. The Kier molecular flexibility index (Phi) is 3.95. The zero-order valence-electron chi connectivity index (χ0n) is 10.3. The Hall–Kier alpha value is -0.450. The second-order valence-electron chi connectivity index (χ2n) is 4.61. The van der Waals surface area contributed by atoms with Crippen LogP contribution in [0.4, 0.5) is 0 Å². The quantitative estimate of drug-likeness (QED) is 0.877. The molecule has 90 valence electrons. The standard InChI is InChI=1S/C12H21N3S/c1-4-11-7-14-9(2)8-15(11)10(3)12-13-5-6-16-12/h5-6,9-11,14H,4,7-8H2,1-3H3. The Morgan fingerprint density at radius 3 is 3.12 bits per heavy atom. The zero-order valence-corrected chi connectivity index (χ0v) is 11.1. The van der Waals surface area contributed by atoms with Gasteiger partial charge in [0, 0.05) is 36.8 Å². The van der Waals surface area contributed by atoms with Gasteiger partial charge in [-0.15, -0.1) is 11.3 Å². The van der Waals surface area contributed by atoms with E-state index in [-0.39, 0.29) is 0 Å². The van der Waals surface area contributed by atoms with Gasteiger partial charge >= 0.3 is 0 Å². The molecule has 3 unspecified atom stereocenters. The first kappa shape index (κ1) is 12.0. The summed E-state index contributed by atoms with van der Waals surface area (Å²) < 4.78 is 0. The maximum atomic E-state index is 4.44. The highest BCUT2D eigenvalue weighted by Gasteiger charge is 2.29. The molecule has 1 aromatic heterocycles. The number of piperazine rings is 1. The minimum atomic E-state index is 0.453. The number of rotatable bonds is 3. The first-order chi connectivity index (χ1) is 7.72. The van der Waals surface area contributed by atoms with Gasteiger partial charge in [0.2, 0.25) is 0 Å². The van der Waals surface area contributed by atoms with E-state index in [1.807, 2.05) is 6.20 Å². The van der Waals surface area contributed by atoms with Crippen molar-refractivity contribution >= 4 is 11.3 Å². The van der Waals surface area contributed by atoms with Crippen LogP contribution in [0.1, 0.15) is 38.2 Å². The number of hydrogen-bond acceptors (Lipinski definition) is 4. The lowest BCUT2D eigenvalue weighted by atomic mass is 10.1. The van der Waals surface area contributed by atoms with Gasteiger partial charge in [0.15, 0.2) is 0 Å². The highest BCUT2D eigenvalue weighted by Crippen LogP contribution is 2.26. The molecule has 1 saturated heterocycles. The van der Waals surface area contributed by atoms with Crippen molar-refractivity contribution < 1.29 is 0 Å². The molecule has 2 heterocycles. The van der Waals surface area contributed by atoms with Crippen molar-refractivity contribution in [1.29, 1.82) is 0 Å². The number of thiazole rings is 1. The van der Waals surface area contributed by atoms with Crippen LogP contribution in [0.2, 0.25) is 0 Å². The molecule has 1 fully saturated rings. The Labute approximate surface area is 102 Å². The van der Waals surface area contributed by atoms with E-state index in [1.165, 1.54) is 11.4 Å².